The van der Waals surface area contributed by atoms with Crippen molar-refractivity contribution in [3.63, 3.8) is 0 Å². The van der Waals surface area contributed by atoms with E-state index in [1.54, 1.807) is 30.3 Å². The van der Waals surface area contributed by atoms with E-state index in [-0.39, 0.29) is 40.5 Å². The SMILES string of the molecule is COC(=O)[C@H]1[C@@H](NC(=O)OCc2ccccc2)C(=O)N1S(=O)(=O)[O-].[Na+]. The molecule has 1 N–H and O–H groups in total. The zero-order valence-corrected chi connectivity index (χ0v) is 16.2. The van der Waals surface area contributed by atoms with Crippen LogP contribution >= 0.6 is 0 Å². The maximum Gasteiger partial charge on any atom is 1.00 e. The zero-order chi connectivity index (χ0) is 17.9. The van der Waals surface area contributed by atoms with Gasteiger partial charge in [-0.15, -0.1) is 0 Å². The fourth-order valence-corrected chi connectivity index (χ4v) is 2.92. The van der Waals surface area contributed by atoms with E-state index in [0.717, 1.165) is 7.11 Å². The van der Waals surface area contributed by atoms with E-state index in [9.17, 15) is 27.4 Å². The summed E-state index contributed by atoms with van der Waals surface area (Å²) in [6.07, 6.45) is -1.05. The predicted molar refractivity (Wildman–Crippen MR) is 75.9 cm³/mol. The van der Waals surface area contributed by atoms with Gasteiger partial charge in [0.2, 0.25) is 0 Å². The Kier molecular flexibility index (Phi) is 7.38. The van der Waals surface area contributed by atoms with Crippen molar-refractivity contribution >= 4 is 28.3 Å². The number of rotatable bonds is 5. The average molecular weight is 380 g/mol. The smallest absolute Gasteiger partial charge is 0.731 e. The van der Waals surface area contributed by atoms with Crippen LogP contribution in [-0.2, 0) is 36.0 Å². The first-order chi connectivity index (χ1) is 11.3. The number of methoxy groups -OCH3 is 1. The average Bonchev–Trinajstić information content (AvgIpc) is 2.54. The summed E-state index contributed by atoms with van der Waals surface area (Å²) in [7, 11) is -4.25. The molecule has 1 aliphatic rings. The van der Waals surface area contributed by atoms with Gasteiger partial charge in [0.25, 0.3) is 5.91 Å². The number of β-lactam (4-membered cyclic amide) rings is 1. The number of benzene rings is 1. The van der Waals surface area contributed by atoms with Gasteiger partial charge in [-0.1, -0.05) is 30.3 Å². The Morgan fingerprint density at radius 3 is 2.40 bits per heavy atom. The van der Waals surface area contributed by atoms with Gasteiger partial charge in [0.1, 0.15) is 12.6 Å². The Morgan fingerprint density at radius 2 is 1.88 bits per heavy atom. The Hall–Kier alpha value is -1.66. The minimum absolute atomic E-state index is 0. The van der Waals surface area contributed by atoms with Crippen LogP contribution in [0.5, 0.6) is 0 Å². The van der Waals surface area contributed by atoms with Crippen molar-refractivity contribution in [3.8, 4) is 0 Å². The molecule has 1 saturated heterocycles. The number of hydrogen-bond donors (Lipinski definition) is 1. The van der Waals surface area contributed by atoms with Crippen LogP contribution in [0.1, 0.15) is 5.56 Å². The Balaban J connectivity index is 0.00000312. The normalized spacial score (nSPS) is 19.3. The number of carbonyl (C=O) groups excluding carboxylic acids is 3. The third-order valence-electron chi connectivity index (χ3n) is 3.22. The van der Waals surface area contributed by atoms with E-state index in [1.807, 2.05) is 5.32 Å². The summed E-state index contributed by atoms with van der Waals surface area (Å²) in [4.78, 5) is 35.0. The molecule has 0 spiro atoms. The molecule has 1 heterocycles. The number of amides is 2. The van der Waals surface area contributed by atoms with E-state index in [1.165, 1.54) is 0 Å². The van der Waals surface area contributed by atoms with Crippen LogP contribution in [0, 0.1) is 0 Å². The van der Waals surface area contributed by atoms with Crippen molar-refractivity contribution in [2.45, 2.75) is 18.7 Å². The van der Waals surface area contributed by atoms with E-state index >= 15 is 0 Å². The minimum Gasteiger partial charge on any atom is -0.731 e. The molecule has 130 valence electrons. The fraction of sp³-hybridized carbons (Fsp3) is 0.308. The number of nitrogens with one attached hydrogen (secondary N) is 1. The van der Waals surface area contributed by atoms with Crippen LogP contribution < -0.4 is 34.9 Å². The Morgan fingerprint density at radius 1 is 1.28 bits per heavy atom. The quantitative estimate of drug-likeness (QED) is 0.237. The van der Waals surface area contributed by atoms with Gasteiger partial charge in [-0.2, -0.15) is 0 Å². The molecule has 1 aliphatic heterocycles. The molecule has 1 aromatic carbocycles. The van der Waals surface area contributed by atoms with Crippen LogP contribution in [0.25, 0.3) is 0 Å². The molecule has 0 aliphatic carbocycles. The molecule has 2 rings (SSSR count). The molecular formula is C13H13N2NaO8S. The second-order valence-corrected chi connectivity index (χ2v) is 5.99. The second-order valence-electron chi connectivity index (χ2n) is 4.74. The van der Waals surface area contributed by atoms with Gasteiger partial charge in [0, 0.05) is 0 Å². The summed E-state index contributed by atoms with van der Waals surface area (Å²) in [6, 6.07) is 5.33. The Labute approximate surface area is 165 Å². The first-order valence-electron chi connectivity index (χ1n) is 6.60. The summed E-state index contributed by atoms with van der Waals surface area (Å²) in [6.45, 7) is -0.0972. The van der Waals surface area contributed by atoms with Gasteiger partial charge in [-0.05, 0) is 5.56 Å². The van der Waals surface area contributed by atoms with Crippen molar-refractivity contribution < 1.29 is 66.4 Å². The molecule has 1 fully saturated rings. The molecule has 2 amide bonds. The molecular weight excluding hydrogens is 367 g/mol. The van der Waals surface area contributed by atoms with Crippen LogP contribution in [-0.4, -0.2) is 54.4 Å². The zero-order valence-electron chi connectivity index (χ0n) is 13.4. The van der Waals surface area contributed by atoms with Crippen molar-refractivity contribution in [3.05, 3.63) is 35.9 Å². The van der Waals surface area contributed by atoms with Crippen LogP contribution in [0.4, 0.5) is 4.79 Å². The molecule has 25 heavy (non-hydrogen) atoms. The number of ether oxygens (including phenoxy) is 2. The monoisotopic (exact) mass is 380 g/mol. The molecule has 2 atom stereocenters. The van der Waals surface area contributed by atoms with Gasteiger partial charge < -0.3 is 19.3 Å². The molecule has 0 bridgehead atoms. The van der Waals surface area contributed by atoms with Gasteiger partial charge >= 0.3 is 41.6 Å². The maximum atomic E-state index is 11.7. The number of carbonyl (C=O) groups is 3. The molecule has 0 unspecified atom stereocenters. The summed E-state index contributed by atoms with van der Waals surface area (Å²) < 4.78 is 42.0. The summed E-state index contributed by atoms with van der Waals surface area (Å²) in [5.41, 5.74) is 0.681. The first kappa shape index (κ1) is 21.4. The van der Waals surface area contributed by atoms with Crippen LogP contribution in [0.3, 0.4) is 0 Å². The molecule has 0 radical (unpaired) electrons. The van der Waals surface area contributed by atoms with Crippen molar-refractivity contribution in [2.24, 2.45) is 0 Å². The molecule has 10 nitrogen and oxygen atoms in total. The third-order valence-corrected chi connectivity index (χ3v) is 4.11. The van der Waals surface area contributed by atoms with Crippen molar-refractivity contribution in [2.75, 3.05) is 7.11 Å². The Bertz CT molecular complexity index is 755. The summed E-state index contributed by atoms with van der Waals surface area (Å²) >= 11 is 0. The van der Waals surface area contributed by atoms with Crippen LogP contribution in [0.15, 0.2) is 30.3 Å². The minimum atomic E-state index is -5.20. The maximum absolute atomic E-state index is 11.7. The standard InChI is InChI=1S/C13H14N2O8S.Na/c1-22-12(17)10-9(11(16)15(10)24(19,20)21)14-13(18)23-7-8-5-3-2-4-6-8;/h2-6,9-10H,7H2,1H3,(H,14,18)(H,19,20,21);/q;+1/p-1/t9-,10-;/m1./s1. The first-order valence-corrected chi connectivity index (χ1v) is 7.96. The number of hydrogen-bond acceptors (Lipinski definition) is 8. The molecule has 1 aromatic rings. The predicted octanol–water partition coefficient (Wildman–Crippen LogP) is -3.87. The summed E-state index contributed by atoms with van der Waals surface area (Å²) in [5, 5.41) is 2.05. The van der Waals surface area contributed by atoms with E-state index in [0.29, 0.717) is 5.56 Å². The molecule has 0 aromatic heterocycles. The molecule has 12 heteroatoms. The van der Waals surface area contributed by atoms with Crippen molar-refractivity contribution in [1.82, 2.24) is 9.62 Å². The van der Waals surface area contributed by atoms with E-state index in [2.05, 4.69) is 4.74 Å². The summed E-state index contributed by atoms with van der Waals surface area (Å²) in [5.74, 6) is -2.39. The number of esters is 1. The fourth-order valence-electron chi connectivity index (χ4n) is 2.10. The van der Waals surface area contributed by atoms with Gasteiger partial charge in [-0.3, -0.25) is 4.79 Å². The number of nitrogens with zero attached hydrogens (tertiary/aromatic N) is 1. The van der Waals surface area contributed by atoms with Gasteiger partial charge in [-0.25, -0.2) is 22.3 Å². The second kappa shape index (κ2) is 8.63. The van der Waals surface area contributed by atoms with Crippen LogP contribution in [0.2, 0.25) is 0 Å². The third kappa shape index (κ3) is 4.92. The van der Waals surface area contributed by atoms with E-state index in [4.69, 9.17) is 4.74 Å². The largest absolute Gasteiger partial charge is 1.00 e. The van der Waals surface area contributed by atoms with Gasteiger partial charge in [0.05, 0.1) is 7.11 Å². The number of alkyl carbamates (subject to hydrolysis) is 1. The van der Waals surface area contributed by atoms with Crippen molar-refractivity contribution in [1.29, 1.82) is 0 Å². The molecule has 0 saturated carbocycles. The van der Waals surface area contributed by atoms with E-state index < -0.39 is 40.4 Å². The van der Waals surface area contributed by atoms with Gasteiger partial charge in [0.15, 0.2) is 16.3 Å². The topological polar surface area (TPSA) is 142 Å².